The van der Waals surface area contributed by atoms with Crippen LogP contribution in [0.1, 0.15) is 0 Å². The average Bonchev–Trinajstić information content (AvgIpc) is 2.27. The summed E-state index contributed by atoms with van der Waals surface area (Å²) in [5, 5.41) is 1.00. The molecule has 0 heterocycles. The molecule has 82 valence electrons. The number of benzene rings is 2. The molecule has 2 aromatic carbocycles. The molecule has 16 heavy (non-hydrogen) atoms. The van der Waals surface area contributed by atoms with Gasteiger partial charge in [-0.15, -0.1) is 0 Å². The first-order chi connectivity index (χ1) is 7.65. The molecule has 0 aromatic heterocycles. The van der Waals surface area contributed by atoms with Gasteiger partial charge < -0.3 is 4.74 Å². The molecule has 0 amide bonds. The van der Waals surface area contributed by atoms with Gasteiger partial charge in [-0.1, -0.05) is 39.1 Å². The third-order valence-electron chi connectivity index (χ3n) is 1.94. The minimum Gasteiger partial charge on any atom is -0.457 e. The molecule has 2 rings (SSSR count). The first kappa shape index (κ1) is 11.8. The number of halogens is 3. The molecule has 0 saturated carbocycles. The van der Waals surface area contributed by atoms with Crippen LogP contribution in [0, 0.1) is 0 Å². The molecule has 0 aliphatic carbocycles. The van der Waals surface area contributed by atoms with Crippen LogP contribution in [0.4, 0.5) is 0 Å². The number of hydrogen-bond acceptors (Lipinski definition) is 1. The molecule has 0 bridgehead atoms. The SMILES string of the molecule is Clc1ccc(Oc2ccc(Br)cc2)cc1Cl. The Balaban J connectivity index is 2.20. The Morgan fingerprint density at radius 1 is 0.812 bits per heavy atom. The van der Waals surface area contributed by atoms with Gasteiger partial charge in [-0.2, -0.15) is 0 Å². The Morgan fingerprint density at radius 3 is 2.06 bits per heavy atom. The molecule has 4 heteroatoms. The standard InChI is InChI=1S/C12H7BrCl2O/c13-8-1-3-9(4-2-8)16-10-5-6-11(14)12(15)7-10/h1-7H. The van der Waals surface area contributed by atoms with Gasteiger partial charge in [0.2, 0.25) is 0 Å². The second-order valence-corrected chi connectivity index (χ2v) is 4.86. The fourth-order valence-corrected chi connectivity index (χ4v) is 1.73. The van der Waals surface area contributed by atoms with E-state index in [0.717, 1.165) is 10.2 Å². The van der Waals surface area contributed by atoms with Crippen LogP contribution < -0.4 is 4.74 Å². The van der Waals surface area contributed by atoms with Crippen molar-refractivity contribution in [3.8, 4) is 11.5 Å². The van der Waals surface area contributed by atoms with E-state index in [1.165, 1.54) is 0 Å². The van der Waals surface area contributed by atoms with Crippen LogP contribution in [0.3, 0.4) is 0 Å². The lowest BCUT2D eigenvalue weighted by Crippen LogP contribution is -1.83. The molecular formula is C12H7BrCl2O. The summed E-state index contributed by atoms with van der Waals surface area (Å²) in [7, 11) is 0. The second-order valence-electron chi connectivity index (χ2n) is 3.13. The van der Waals surface area contributed by atoms with E-state index in [2.05, 4.69) is 15.9 Å². The molecule has 0 aliphatic heterocycles. The first-order valence-electron chi connectivity index (χ1n) is 4.53. The molecule has 0 aliphatic rings. The molecule has 0 N–H and O–H groups in total. The van der Waals surface area contributed by atoms with Crippen LogP contribution in [0.5, 0.6) is 11.5 Å². The molecular weight excluding hydrogens is 311 g/mol. The van der Waals surface area contributed by atoms with E-state index < -0.39 is 0 Å². The van der Waals surface area contributed by atoms with Gasteiger partial charge in [0, 0.05) is 10.5 Å². The third kappa shape index (κ3) is 2.91. The summed E-state index contributed by atoms with van der Waals surface area (Å²) in [5.41, 5.74) is 0. The fourth-order valence-electron chi connectivity index (χ4n) is 1.18. The Labute approximate surface area is 112 Å². The van der Waals surface area contributed by atoms with Gasteiger partial charge in [-0.25, -0.2) is 0 Å². The average molecular weight is 318 g/mol. The van der Waals surface area contributed by atoms with E-state index in [1.807, 2.05) is 24.3 Å². The largest absolute Gasteiger partial charge is 0.457 e. The minimum atomic E-state index is 0.483. The van der Waals surface area contributed by atoms with Crippen LogP contribution in [-0.4, -0.2) is 0 Å². The molecule has 0 fully saturated rings. The Morgan fingerprint density at radius 2 is 1.44 bits per heavy atom. The fraction of sp³-hybridized carbons (Fsp3) is 0. The van der Waals surface area contributed by atoms with Gasteiger partial charge in [0.15, 0.2) is 0 Å². The van der Waals surface area contributed by atoms with E-state index >= 15 is 0 Å². The van der Waals surface area contributed by atoms with Gasteiger partial charge >= 0.3 is 0 Å². The van der Waals surface area contributed by atoms with E-state index in [0.29, 0.717) is 15.8 Å². The van der Waals surface area contributed by atoms with Crippen molar-refractivity contribution in [3.63, 3.8) is 0 Å². The molecule has 0 radical (unpaired) electrons. The quantitative estimate of drug-likeness (QED) is 0.705. The zero-order valence-electron chi connectivity index (χ0n) is 8.08. The van der Waals surface area contributed by atoms with Crippen molar-refractivity contribution in [3.05, 3.63) is 57.0 Å². The Kier molecular flexibility index (Phi) is 3.74. The maximum atomic E-state index is 5.89. The lowest BCUT2D eigenvalue weighted by Gasteiger charge is -2.06. The Hall–Kier alpha value is -0.700. The summed E-state index contributed by atoms with van der Waals surface area (Å²) < 4.78 is 6.61. The zero-order chi connectivity index (χ0) is 11.5. The van der Waals surface area contributed by atoms with Crippen molar-refractivity contribution >= 4 is 39.1 Å². The third-order valence-corrected chi connectivity index (χ3v) is 3.21. The number of rotatable bonds is 2. The van der Waals surface area contributed by atoms with Crippen LogP contribution >= 0.6 is 39.1 Å². The highest BCUT2D eigenvalue weighted by Crippen LogP contribution is 2.29. The number of hydrogen-bond donors (Lipinski definition) is 0. The van der Waals surface area contributed by atoms with Crippen LogP contribution in [0.15, 0.2) is 46.9 Å². The summed E-state index contributed by atoms with van der Waals surface area (Å²) in [6, 6.07) is 12.7. The maximum Gasteiger partial charge on any atom is 0.129 e. The maximum absolute atomic E-state index is 5.89. The van der Waals surface area contributed by atoms with Crippen molar-refractivity contribution in [2.45, 2.75) is 0 Å². The lowest BCUT2D eigenvalue weighted by molar-refractivity contribution is 0.482. The highest BCUT2D eigenvalue weighted by Gasteiger charge is 2.01. The van der Waals surface area contributed by atoms with E-state index in [1.54, 1.807) is 18.2 Å². The molecule has 1 nitrogen and oxygen atoms in total. The summed E-state index contributed by atoms with van der Waals surface area (Å²) in [4.78, 5) is 0. The van der Waals surface area contributed by atoms with Crippen molar-refractivity contribution in [1.29, 1.82) is 0 Å². The summed E-state index contributed by atoms with van der Waals surface area (Å²) in [5.74, 6) is 1.42. The molecule has 0 atom stereocenters. The van der Waals surface area contributed by atoms with Crippen molar-refractivity contribution in [2.24, 2.45) is 0 Å². The molecule has 0 unspecified atom stereocenters. The van der Waals surface area contributed by atoms with E-state index in [-0.39, 0.29) is 0 Å². The molecule has 0 spiro atoms. The predicted molar refractivity (Wildman–Crippen MR) is 70.7 cm³/mol. The highest BCUT2D eigenvalue weighted by atomic mass is 79.9. The van der Waals surface area contributed by atoms with Gasteiger partial charge in [-0.3, -0.25) is 0 Å². The van der Waals surface area contributed by atoms with E-state index in [9.17, 15) is 0 Å². The normalized spacial score (nSPS) is 10.2. The van der Waals surface area contributed by atoms with Gasteiger partial charge in [0.1, 0.15) is 11.5 Å². The van der Waals surface area contributed by atoms with Crippen molar-refractivity contribution in [1.82, 2.24) is 0 Å². The van der Waals surface area contributed by atoms with Gasteiger partial charge in [-0.05, 0) is 36.4 Å². The number of ether oxygens (including phenoxy) is 1. The topological polar surface area (TPSA) is 9.23 Å². The molecule has 2 aromatic rings. The first-order valence-corrected chi connectivity index (χ1v) is 6.08. The molecule has 0 saturated heterocycles. The van der Waals surface area contributed by atoms with E-state index in [4.69, 9.17) is 27.9 Å². The highest BCUT2D eigenvalue weighted by molar-refractivity contribution is 9.10. The summed E-state index contributed by atoms with van der Waals surface area (Å²) in [6.45, 7) is 0. The Bertz CT molecular complexity index is 497. The minimum absolute atomic E-state index is 0.483. The van der Waals surface area contributed by atoms with Crippen LogP contribution in [-0.2, 0) is 0 Å². The summed E-state index contributed by atoms with van der Waals surface area (Å²) >= 11 is 15.1. The predicted octanol–water partition coefficient (Wildman–Crippen LogP) is 5.55. The van der Waals surface area contributed by atoms with Crippen LogP contribution in [0.2, 0.25) is 10.0 Å². The lowest BCUT2D eigenvalue weighted by atomic mass is 10.3. The van der Waals surface area contributed by atoms with Crippen molar-refractivity contribution in [2.75, 3.05) is 0 Å². The van der Waals surface area contributed by atoms with Gasteiger partial charge in [0.25, 0.3) is 0 Å². The monoisotopic (exact) mass is 316 g/mol. The van der Waals surface area contributed by atoms with Crippen LogP contribution in [0.25, 0.3) is 0 Å². The van der Waals surface area contributed by atoms with Gasteiger partial charge in [0.05, 0.1) is 10.0 Å². The van der Waals surface area contributed by atoms with Crippen molar-refractivity contribution < 1.29 is 4.74 Å². The smallest absolute Gasteiger partial charge is 0.129 e. The summed E-state index contributed by atoms with van der Waals surface area (Å²) in [6.07, 6.45) is 0. The zero-order valence-corrected chi connectivity index (χ0v) is 11.2. The second kappa shape index (κ2) is 5.09.